The van der Waals surface area contributed by atoms with Crippen LogP contribution < -0.4 is 5.73 Å². The summed E-state index contributed by atoms with van der Waals surface area (Å²) in [6.45, 7) is -0.582. The Morgan fingerprint density at radius 1 is 1.42 bits per heavy atom. The number of halogens is 2. The number of carbonyl (C=O) groups excluding carboxylic acids is 1. The first-order valence-electron chi connectivity index (χ1n) is 5.53. The summed E-state index contributed by atoms with van der Waals surface area (Å²) in [5.41, 5.74) is 6.57. The van der Waals surface area contributed by atoms with E-state index in [9.17, 15) is 13.6 Å². The molecule has 0 saturated heterocycles. The Bertz CT molecular complexity index is 461. The molecule has 104 valence electrons. The number of nitrogens with two attached hydrogens (primary N) is 1. The predicted octanol–water partition coefficient (Wildman–Crippen LogP) is 1.05. The third-order valence-corrected chi connectivity index (χ3v) is 2.55. The SMILES string of the molecule is CN(CC(F)F)C(=O)Cc1ccc(/C(N)=N/O)cc1. The van der Waals surface area contributed by atoms with E-state index in [0.717, 1.165) is 4.90 Å². The first-order valence-corrected chi connectivity index (χ1v) is 5.53. The summed E-state index contributed by atoms with van der Waals surface area (Å²) in [5, 5.41) is 11.3. The van der Waals surface area contributed by atoms with Gasteiger partial charge in [0.1, 0.15) is 0 Å². The molecule has 3 N–H and O–H groups in total. The van der Waals surface area contributed by atoms with Crippen LogP contribution >= 0.6 is 0 Å². The van der Waals surface area contributed by atoms with Gasteiger partial charge in [0.25, 0.3) is 6.43 Å². The summed E-state index contributed by atoms with van der Waals surface area (Å²) in [4.78, 5) is 12.6. The Kier molecular flexibility index (Phi) is 5.23. The van der Waals surface area contributed by atoms with E-state index in [4.69, 9.17) is 10.9 Å². The van der Waals surface area contributed by atoms with Crippen molar-refractivity contribution in [2.75, 3.05) is 13.6 Å². The van der Waals surface area contributed by atoms with Crippen LogP contribution in [0.4, 0.5) is 8.78 Å². The fraction of sp³-hybridized carbons (Fsp3) is 0.333. The first-order chi connectivity index (χ1) is 8.93. The zero-order chi connectivity index (χ0) is 14.4. The van der Waals surface area contributed by atoms with Crippen molar-refractivity contribution < 1.29 is 18.8 Å². The third kappa shape index (κ3) is 4.53. The van der Waals surface area contributed by atoms with Crippen LogP contribution in [0, 0.1) is 0 Å². The average Bonchev–Trinajstić information content (AvgIpc) is 2.37. The van der Waals surface area contributed by atoms with Gasteiger partial charge in [0.2, 0.25) is 5.91 Å². The van der Waals surface area contributed by atoms with E-state index in [0.29, 0.717) is 11.1 Å². The van der Waals surface area contributed by atoms with Crippen molar-refractivity contribution in [3.05, 3.63) is 35.4 Å². The molecule has 7 heteroatoms. The number of likely N-dealkylation sites (N-methyl/N-ethyl adjacent to an activating group) is 1. The van der Waals surface area contributed by atoms with Crippen LogP contribution in [0.3, 0.4) is 0 Å². The van der Waals surface area contributed by atoms with Crippen molar-refractivity contribution in [3.8, 4) is 0 Å². The minimum Gasteiger partial charge on any atom is -0.409 e. The summed E-state index contributed by atoms with van der Waals surface area (Å²) in [5.74, 6) is -0.426. The molecule has 0 heterocycles. The summed E-state index contributed by atoms with van der Waals surface area (Å²) >= 11 is 0. The second-order valence-electron chi connectivity index (χ2n) is 4.02. The zero-order valence-corrected chi connectivity index (χ0v) is 10.4. The lowest BCUT2D eigenvalue weighted by molar-refractivity contribution is -0.130. The van der Waals surface area contributed by atoms with E-state index in [2.05, 4.69) is 5.16 Å². The summed E-state index contributed by atoms with van der Waals surface area (Å²) in [7, 11) is 1.33. The van der Waals surface area contributed by atoms with Crippen LogP contribution in [0.1, 0.15) is 11.1 Å². The maximum Gasteiger partial charge on any atom is 0.255 e. The number of alkyl halides is 2. The number of oxime groups is 1. The van der Waals surface area contributed by atoms with Gasteiger partial charge in [-0.15, -0.1) is 0 Å². The number of amidine groups is 1. The van der Waals surface area contributed by atoms with Gasteiger partial charge in [-0.3, -0.25) is 4.79 Å². The van der Waals surface area contributed by atoms with Gasteiger partial charge in [0.15, 0.2) is 5.84 Å². The van der Waals surface area contributed by atoms with Gasteiger partial charge in [0.05, 0.1) is 13.0 Å². The predicted molar refractivity (Wildman–Crippen MR) is 66.3 cm³/mol. The summed E-state index contributed by atoms with van der Waals surface area (Å²) in [6, 6.07) is 6.43. The molecule has 19 heavy (non-hydrogen) atoms. The van der Waals surface area contributed by atoms with Crippen molar-refractivity contribution in [1.29, 1.82) is 0 Å². The Balaban J connectivity index is 2.65. The van der Waals surface area contributed by atoms with Gasteiger partial charge in [-0.05, 0) is 5.56 Å². The first kappa shape index (κ1) is 14.9. The van der Waals surface area contributed by atoms with Crippen molar-refractivity contribution in [1.82, 2.24) is 4.90 Å². The fourth-order valence-electron chi connectivity index (χ4n) is 1.47. The standard InChI is InChI=1S/C12H15F2N3O2/c1-17(7-10(13)14)11(18)6-8-2-4-9(5-3-8)12(15)16-19/h2-5,10,19H,6-7H2,1H3,(H2,15,16). The number of hydrogen-bond donors (Lipinski definition) is 2. The molecule has 0 saturated carbocycles. The number of hydrogen-bond acceptors (Lipinski definition) is 3. The highest BCUT2D eigenvalue weighted by molar-refractivity contribution is 5.97. The maximum atomic E-state index is 12.1. The molecule has 0 aliphatic heterocycles. The molecule has 0 radical (unpaired) electrons. The summed E-state index contributed by atoms with van der Waals surface area (Å²) < 4.78 is 24.2. The number of rotatable bonds is 5. The lowest BCUT2D eigenvalue weighted by atomic mass is 10.1. The van der Waals surface area contributed by atoms with Crippen LogP contribution in [0.2, 0.25) is 0 Å². The molecule has 0 aliphatic rings. The molecule has 1 aromatic rings. The molecule has 0 spiro atoms. The molecule has 1 amide bonds. The highest BCUT2D eigenvalue weighted by atomic mass is 19.3. The molecular weight excluding hydrogens is 256 g/mol. The van der Waals surface area contributed by atoms with Crippen LogP contribution in [0.25, 0.3) is 0 Å². The number of carbonyl (C=O) groups is 1. The minimum absolute atomic E-state index is 0.0275. The van der Waals surface area contributed by atoms with Gasteiger partial charge in [0, 0.05) is 12.6 Å². The molecule has 0 atom stereocenters. The van der Waals surface area contributed by atoms with Gasteiger partial charge in [-0.25, -0.2) is 8.78 Å². The van der Waals surface area contributed by atoms with E-state index >= 15 is 0 Å². The normalized spacial score (nSPS) is 11.7. The fourth-order valence-corrected chi connectivity index (χ4v) is 1.47. The monoisotopic (exact) mass is 271 g/mol. The van der Waals surface area contributed by atoms with E-state index in [1.165, 1.54) is 7.05 Å². The van der Waals surface area contributed by atoms with Gasteiger partial charge in [-0.1, -0.05) is 29.4 Å². The molecule has 0 fully saturated rings. The Morgan fingerprint density at radius 2 is 2.00 bits per heavy atom. The van der Waals surface area contributed by atoms with E-state index < -0.39 is 18.9 Å². The molecule has 0 bridgehead atoms. The molecule has 0 aliphatic carbocycles. The lowest BCUT2D eigenvalue weighted by Crippen LogP contribution is -2.32. The third-order valence-electron chi connectivity index (χ3n) is 2.55. The second-order valence-corrected chi connectivity index (χ2v) is 4.02. The van der Waals surface area contributed by atoms with Crippen molar-refractivity contribution >= 4 is 11.7 Å². The molecule has 0 unspecified atom stereocenters. The van der Waals surface area contributed by atoms with Crippen molar-refractivity contribution in [2.24, 2.45) is 10.9 Å². The Labute approximate surface area is 109 Å². The molecular formula is C12H15F2N3O2. The Morgan fingerprint density at radius 3 is 2.47 bits per heavy atom. The van der Waals surface area contributed by atoms with Crippen LogP contribution in [0.15, 0.2) is 29.4 Å². The van der Waals surface area contributed by atoms with Gasteiger partial charge >= 0.3 is 0 Å². The number of amides is 1. The van der Waals surface area contributed by atoms with E-state index in [1.807, 2.05) is 0 Å². The topological polar surface area (TPSA) is 78.9 Å². The second kappa shape index (κ2) is 6.67. The van der Waals surface area contributed by atoms with E-state index in [1.54, 1.807) is 24.3 Å². The molecule has 1 rings (SSSR count). The van der Waals surface area contributed by atoms with Gasteiger partial charge < -0.3 is 15.8 Å². The van der Waals surface area contributed by atoms with Crippen molar-refractivity contribution in [2.45, 2.75) is 12.8 Å². The summed E-state index contributed by atoms with van der Waals surface area (Å²) in [6.07, 6.45) is -2.52. The van der Waals surface area contributed by atoms with Gasteiger partial charge in [-0.2, -0.15) is 0 Å². The quantitative estimate of drug-likeness (QED) is 0.363. The van der Waals surface area contributed by atoms with E-state index in [-0.39, 0.29) is 12.3 Å². The lowest BCUT2D eigenvalue weighted by Gasteiger charge is -2.16. The molecule has 0 aromatic heterocycles. The largest absolute Gasteiger partial charge is 0.409 e. The van der Waals surface area contributed by atoms with Crippen LogP contribution in [-0.4, -0.2) is 41.9 Å². The smallest absolute Gasteiger partial charge is 0.255 e. The highest BCUT2D eigenvalue weighted by Crippen LogP contribution is 2.07. The number of benzene rings is 1. The molecule has 1 aromatic carbocycles. The Hall–Kier alpha value is -2.18. The van der Waals surface area contributed by atoms with Crippen LogP contribution in [-0.2, 0) is 11.2 Å². The van der Waals surface area contributed by atoms with Crippen molar-refractivity contribution in [3.63, 3.8) is 0 Å². The maximum absolute atomic E-state index is 12.1. The minimum atomic E-state index is -2.54. The average molecular weight is 271 g/mol. The highest BCUT2D eigenvalue weighted by Gasteiger charge is 2.14. The molecule has 5 nitrogen and oxygen atoms in total. The van der Waals surface area contributed by atoms with Crippen LogP contribution in [0.5, 0.6) is 0 Å². The number of nitrogens with zero attached hydrogens (tertiary/aromatic N) is 2. The zero-order valence-electron chi connectivity index (χ0n) is 10.4.